The number of hydrogen-bond acceptors (Lipinski definition) is 3. The molecule has 2 rings (SSSR count). The van der Waals surface area contributed by atoms with Crippen molar-refractivity contribution in [3.8, 4) is 0 Å². The molecular weight excluding hydrogens is 298 g/mol. The van der Waals surface area contributed by atoms with Crippen LogP contribution in [0.1, 0.15) is 13.3 Å². The maximum absolute atomic E-state index is 12.2. The van der Waals surface area contributed by atoms with E-state index in [-0.39, 0.29) is 18.5 Å². The van der Waals surface area contributed by atoms with E-state index in [2.05, 4.69) is 21.2 Å². The average Bonchev–Trinajstić information content (AvgIpc) is 2.31. The largest absolute Gasteiger partial charge is 0.372 e. The van der Waals surface area contributed by atoms with Crippen molar-refractivity contribution in [1.82, 2.24) is 0 Å². The van der Waals surface area contributed by atoms with Gasteiger partial charge in [0, 0.05) is 4.47 Å². The highest BCUT2D eigenvalue weighted by Crippen LogP contribution is 2.34. The number of nitrogens with zero attached hydrogens (tertiary/aromatic N) is 1. The summed E-state index contributed by atoms with van der Waals surface area (Å²) in [4.78, 5) is 24.7. The molecular formula is C12H14BrN3O2. The number of hydrogen-bond donors (Lipinski definition) is 2. The molecule has 1 aliphatic rings. The van der Waals surface area contributed by atoms with Crippen molar-refractivity contribution in [3.63, 3.8) is 0 Å². The Bertz CT molecular complexity index is 504. The maximum Gasteiger partial charge on any atom is 0.250 e. The van der Waals surface area contributed by atoms with Gasteiger partial charge in [-0.15, -0.1) is 0 Å². The smallest absolute Gasteiger partial charge is 0.250 e. The third-order valence-electron chi connectivity index (χ3n) is 2.87. The first-order valence-electron chi connectivity index (χ1n) is 5.68. The molecule has 5 nitrogen and oxygen atoms in total. The molecule has 2 amide bonds. The summed E-state index contributed by atoms with van der Waals surface area (Å²) in [5.41, 5.74) is 6.71. The first-order chi connectivity index (χ1) is 8.52. The minimum Gasteiger partial charge on any atom is -0.372 e. The second-order valence-corrected chi connectivity index (χ2v) is 5.07. The third-order valence-corrected chi connectivity index (χ3v) is 3.36. The molecule has 1 heterocycles. The van der Waals surface area contributed by atoms with Crippen LogP contribution >= 0.6 is 15.9 Å². The second kappa shape index (κ2) is 4.97. The molecule has 0 radical (unpaired) electrons. The highest BCUT2D eigenvalue weighted by atomic mass is 79.9. The lowest BCUT2D eigenvalue weighted by Gasteiger charge is -2.34. The zero-order valence-electron chi connectivity index (χ0n) is 9.94. The number of nitrogens with two attached hydrogens (primary N) is 1. The lowest BCUT2D eigenvalue weighted by Crippen LogP contribution is -2.49. The SMILES string of the molecule is CCC1Nc2cc(Br)ccc2N(CC(N)=O)C1=O. The monoisotopic (exact) mass is 311 g/mol. The Labute approximate surface area is 113 Å². The van der Waals surface area contributed by atoms with Crippen molar-refractivity contribution in [3.05, 3.63) is 22.7 Å². The van der Waals surface area contributed by atoms with Gasteiger partial charge in [-0.3, -0.25) is 14.5 Å². The van der Waals surface area contributed by atoms with Gasteiger partial charge in [0.2, 0.25) is 11.8 Å². The molecule has 0 saturated heterocycles. The molecule has 3 N–H and O–H groups in total. The minimum absolute atomic E-state index is 0.0916. The molecule has 1 unspecified atom stereocenters. The van der Waals surface area contributed by atoms with Gasteiger partial charge in [-0.2, -0.15) is 0 Å². The van der Waals surface area contributed by atoms with E-state index in [1.165, 1.54) is 4.90 Å². The van der Waals surface area contributed by atoms with Crippen LogP contribution in [0.3, 0.4) is 0 Å². The Kier molecular flexibility index (Phi) is 3.56. The van der Waals surface area contributed by atoms with Crippen LogP contribution in [0.2, 0.25) is 0 Å². The fourth-order valence-electron chi connectivity index (χ4n) is 2.01. The number of anilines is 2. The summed E-state index contributed by atoms with van der Waals surface area (Å²) in [6.45, 7) is 1.83. The normalized spacial score (nSPS) is 18.2. The van der Waals surface area contributed by atoms with Gasteiger partial charge in [-0.1, -0.05) is 22.9 Å². The number of carbonyl (C=O) groups excluding carboxylic acids is 2. The molecule has 18 heavy (non-hydrogen) atoms. The van der Waals surface area contributed by atoms with Crippen LogP contribution in [0.15, 0.2) is 22.7 Å². The zero-order valence-corrected chi connectivity index (χ0v) is 11.5. The van der Waals surface area contributed by atoms with Crippen LogP contribution in [0.25, 0.3) is 0 Å². The fraction of sp³-hybridized carbons (Fsp3) is 0.333. The highest BCUT2D eigenvalue weighted by molar-refractivity contribution is 9.10. The number of nitrogens with one attached hydrogen (secondary N) is 1. The van der Waals surface area contributed by atoms with E-state index < -0.39 is 5.91 Å². The first-order valence-corrected chi connectivity index (χ1v) is 6.48. The van der Waals surface area contributed by atoms with Gasteiger partial charge in [-0.25, -0.2) is 0 Å². The summed E-state index contributed by atoms with van der Waals surface area (Å²) in [6.07, 6.45) is 0.653. The topological polar surface area (TPSA) is 75.4 Å². The number of rotatable bonds is 3. The van der Waals surface area contributed by atoms with Crippen LogP contribution in [0, 0.1) is 0 Å². The molecule has 1 aliphatic heterocycles. The molecule has 1 atom stereocenters. The lowest BCUT2D eigenvalue weighted by molar-refractivity contribution is -0.123. The van der Waals surface area contributed by atoms with Crippen LogP contribution in [0.5, 0.6) is 0 Å². The highest BCUT2D eigenvalue weighted by Gasteiger charge is 2.31. The first kappa shape index (κ1) is 12.9. The van der Waals surface area contributed by atoms with Crippen molar-refractivity contribution in [1.29, 1.82) is 0 Å². The number of primary amides is 1. The molecule has 0 fully saturated rings. The Balaban J connectivity index is 2.44. The van der Waals surface area contributed by atoms with E-state index in [1.54, 1.807) is 6.07 Å². The van der Waals surface area contributed by atoms with Crippen LogP contribution < -0.4 is 16.0 Å². The van der Waals surface area contributed by atoms with Crippen molar-refractivity contribution in [2.45, 2.75) is 19.4 Å². The summed E-state index contributed by atoms with van der Waals surface area (Å²) in [5, 5.41) is 3.17. The molecule has 1 aromatic rings. The Morgan fingerprint density at radius 2 is 2.28 bits per heavy atom. The number of carbonyl (C=O) groups is 2. The van der Waals surface area contributed by atoms with Gasteiger partial charge in [0.1, 0.15) is 12.6 Å². The molecule has 6 heteroatoms. The molecule has 0 bridgehead atoms. The van der Waals surface area contributed by atoms with Crippen LogP contribution in [-0.2, 0) is 9.59 Å². The van der Waals surface area contributed by atoms with Gasteiger partial charge >= 0.3 is 0 Å². The third kappa shape index (κ3) is 2.33. The van der Waals surface area contributed by atoms with E-state index >= 15 is 0 Å². The van der Waals surface area contributed by atoms with Gasteiger partial charge < -0.3 is 11.1 Å². The predicted octanol–water partition coefficient (Wildman–Crippen LogP) is 1.47. The summed E-state index contributed by atoms with van der Waals surface area (Å²) in [5.74, 6) is -0.639. The quantitative estimate of drug-likeness (QED) is 0.887. The molecule has 1 aromatic carbocycles. The second-order valence-electron chi connectivity index (χ2n) is 4.16. The molecule has 0 saturated carbocycles. The maximum atomic E-state index is 12.2. The van der Waals surface area contributed by atoms with E-state index in [9.17, 15) is 9.59 Å². The van der Waals surface area contributed by atoms with Crippen LogP contribution in [-0.4, -0.2) is 24.4 Å². The summed E-state index contributed by atoms with van der Waals surface area (Å²) in [7, 11) is 0. The molecule has 0 spiro atoms. The van der Waals surface area contributed by atoms with Gasteiger partial charge in [-0.05, 0) is 24.6 Å². The van der Waals surface area contributed by atoms with Gasteiger partial charge in [0.15, 0.2) is 0 Å². The van der Waals surface area contributed by atoms with E-state index in [4.69, 9.17) is 5.73 Å². The summed E-state index contributed by atoms with van der Waals surface area (Å²) < 4.78 is 0.914. The van der Waals surface area contributed by atoms with Gasteiger partial charge in [0.05, 0.1) is 11.4 Å². The number of amides is 2. The Morgan fingerprint density at radius 3 is 2.89 bits per heavy atom. The fourth-order valence-corrected chi connectivity index (χ4v) is 2.37. The standard InChI is InChI=1S/C12H14BrN3O2/c1-2-8-12(18)16(6-11(14)17)10-4-3-7(13)5-9(10)15-8/h3-5,8,15H,2,6H2,1H3,(H2,14,17). The van der Waals surface area contributed by atoms with Crippen molar-refractivity contribution < 1.29 is 9.59 Å². The van der Waals surface area contributed by atoms with Gasteiger partial charge in [0.25, 0.3) is 0 Å². The molecule has 0 aliphatic carbocycles. The van der Waals surface area contributed by atoms with Crippen LogP contribution in [0.4, 0.5) is 11.4 Å². The molecule has 96 valence electrons. The lowest BCUT2D eigenvalue weighted by atomic mass is 10.1. The van der Waals surface area contributed by atoms with E-state index in [0.717, 1.165) is 10.2 Å². The molecule has 0 aromatic heterocycles. The average molecular weight is 312 g/mol. The summed E-state index contributed by atoms with van der Waals surface area (Å²) >= 11 is 3.38. The summed E-state index contributed by atoms with van der Waals surface area (Å²) in [6, 6.07) is 5.19. The van der Waals surface area contributed by atoms with Crippen molar-refractivity contribution in [2.24, 2.45) is 5.73 Å². The number of fused-ring (bicyclic) bond motifs is 1. The number of benzene rings is 1. The Hall–Kier alpha value is -1.56. The number of halogens is 1. The predicted molar refractivity (Wildman–Crippen MR) is 73.4 cm³/mol. The van der Waals surface area contributed by atoms with E-state index in [0.29, 0.717) is 12.1 Å². The zero-order chi connectivity index (χ0) is 13.3. The van der Waals surface area contributed by atoms with Crippen molar-refractivity contribution >= 4 is 39.1 Å². The van der Waals surface area contributed by atoms with E-state index in [1.807, 2.05) is 19.1 Å². The Morgan fingerprint density at radius 1 is 1.56 bits per heavy atom. The minimum atomic E-state index is -0.519. The van der Waals surface area contributed by atoms with Crippen molar-refractivity contribution in [2.75, 3.05) is 16.8 Å².